The van der Waals surface area contributed by atoms with Crippen LogP contribution in [0.15, 0.2) is 66.9 Å². The Labute approximate surface area is 180 Å². The summed E-state index contributed by atoms with van der Waals surface area (Å²) in [4.78, 5) is 14.4. The first-order valence-corrected chi connectivity index (χ1v) is 10.1. The van der Waals surface area contributed by atoms with Gasteiger partial charge in [-0.05, 0) is 50.6 Å². The average molecular weight is 429 g/mol. The maximum absolute atomic E-state index is 13.3. The number of rotatable bonds is 6. The maximum atomic E-state index is 13.3. The number of halogens is 3. The van der Waals surface area contributed by atoms with Gasteiger partial charge in [0.05, 0.1) is 17.8 Å². The van der Waals surface area contributed by atoms with Crippen LogP contribution in [-0.4, -0.2) is 21.5 Å². The molecule has 1 N–H and O–H groups in total. The van der Waals surface area contributed by atoms with Crippen LogP contribution in [0.3, 0.4) is 0 Å². The zero-order valence-corrected chi connectivity index (χ0v) is 17.8. The summed E-state index contributed by atoms with van der Waals surface area (Å²) < 4.78 is 41.9. The van der Waals surface area contributed by atoms with Crippen molar-refractivity contribution >= 4 is 11.7 Å². The maximum Gasteiger partial charge on any atom is 0.418 e. The molecule has 2 aromatic carbocycles. The molecule has 0 aliphatic heterocycles. The number of amides is 2. The van der Waals surface area contributed by atoms with Gasteiger partial charge in [0.15, 0.2) is 0 Å². The normalized spacial score (nSPS) is 11.6. The van der Waals surface area contributed by atoms with E-state index in [2.05, 4.69) is 11.4 Å². The topological polar surface area (TPSA) is 37.3 Å². The van der Waals surface area contributed by atoms with E-state index in [0.717, 1.165) is 22.9 Å². The van der Waals surface area contributed by atoms with Crippen molar-refractivity contribution in [2.45, 2.75) is 46.1 Å². The molecule has 0 aliphatic carbocycles. The Morgan fingerprint density at radius 1 is 1.06 bits per heavy atom. The Kier molecular flexibility index (Phi) is 6.73. The van der Waals surface area contributed by atoms with Gasteiger partial charge in [0, 0.05) is 24.5 Å². The number of nitrogens with zero attached hydrogens (tertiary/aromatic N) is 2. The number of aromatic nitrogens is 1. The van der Waals surface area contributed by atoms with E-state index >= 15 is 0 Å². The monoisotopic (exact) mass is 429 g/mol. The van der Waals surface area contributed by atoms with E-state index in [0.29, 0.717) is 6.54 Å². The van der Waals surface area contributed by atoms with Crippen LogP contribution in [0.25, 0.3) is 0 Å². The number of hydrogen-bond acceptors (Lipinski definition) is 1. The largest absolute Gasteiger partial charge is 0.418 e. The zero-order valence-electron chi connectivity index (χ0n) is 17.8. The Hall–Kier alpha value is -3.22. The molecule has 3 rings (SSSR count). The second kappa shape index (κ2) is 9.29. The van der Waals surface area contributed by atoms with Crippen LogP contribution in [0, 0.1) is 6.92 Å². The highest BCUT2D eigenvalue weighted by molar-refractivity contribution is 5.90. The van der Waals surface area contributed by atoms with Crippen molar-refractivity contribution in [3.8, 4) is 0 Å². The summed E-state index contributed by atoms with van der Waals surface area (Å²) in [5, 5.41) is 2.45. The van der Waals surface area contributed by atoms with Crippen LogP contribution in [0.5, 0.6) is 0 Å². The average Bonchev–Trinajstić information content (AvgIpc) is 3.12. The molecule has 0 bridgehead atoms. The Bertz CT molecular complexity index is 1040. The molecule has 2 amide bonds. The van der Waals surface area contributed by atoms with Crippen molar-refractivity contribution in [3.63, 3.8) is 0 Å². The summed E-state index contributed by atoms with van der Waals surface area (Å²) in [6, 6.07) is 16.2. The number of para-hydroxylation sites is 1. The number of carbonyl (C=O) groups is 1. The summed E-state index contributed by atoms with van der Waals surface area (Å²) in [5.41, 5.74) is 2.08. The fraction of sp³-hybridized carbons (Fsp3) is 0.292. The second-order valence-corrected chi connectivity index (χ2v) is 7.81. The van der Waals surface area contributed by atoms with Crippen molar-refractivity contribution in [2.75, 3.05) is 5.32 Å². The van der Waals surface area contributed by atoms with Crippen LogP contribution >= 0.6 is 0 Å². The first kappa shape index (κ1) is 22.5. The third-order valence-electron chi connectivity index (χ3n) is 5.05. The molecule has 0 aliphatic rings. The van der Waals surface area contributed by atoms with Crippen molar-refractivity contribution in [1.29, 1.82) is 0 Å². The van der Waals surface area contributed by atoms with Gasteiger partial charge in [0.25, 0.3) is 0 Å². The minimum Gasteiger partial charge on any atom is -0.345 e. The Balaban J connectivity index is 1.79. The third-order valence-corrected chi connectivity index (χ3v) is 5.05. The number of carbonyl (C=O) groups excluding carboxylic acids is 1. The van der Waals surface area contributed by atoms with Crippen molar-refractivity contribution < 1.29 is 18.0 Å². The number of hydrogen-bond donors (Lipinski definition) is 1. The van der Waals surface area contributed by atoms with Gasteiger partial charge >= 0.3 is 12.2 Å². The number of nitrogens with one attached hydrogen (secondary N) is 1. The van der Waals surface area contributed by atoms with Crippen LogP contribution in [0.2, 0.25) is 0 Å². The lowest BCUT2D eigenvalue weighted by Gasteiger charge is -2.28. The summed E-state index contributed by atoms with van der Waals surface area (Å²) in [7, 11) is 0. The highest BCUT2D eigenvalue weighted by atomic mass is 19.4. The fourth-order valence-electron chi connectivity index (χ4n) is 3.44. The molecule has 0 fully saturated rings. The quantitative estimate of drug-likeness (QED) is 0.490. The van der Waals surface area contributed by atoms with E-state index in [9.17, 15) is 18.0 Å². The van der Waals surface area contributed by atoms with E-state index in [1.165, 1.54) is 23.1 Å². The summed E-state index contributed by atoms with van der Waals surface area (Å²) in [6.07, 6.45) is -2.61. The Morgan fingerprint density at radius 2 is 1.81 bits per heavy atom. The number of anilines is 1. The van der Waals surface area contributed by atoms with Gasteiger partial charge in [-0.2, -0.15) is 13.2 Å². The molecule has 1 aromatic heterocycles. The first-order valence-electron chi connectivity index (χ1n) is 10.1. The van der Waals surface area contributed by atoms with Gasteiger partial charge in [0.1, 0.15) is 0 Å². The molecule has 1 heterocycles. The van der Waals surface area contributed by atoms with Gasteiger partial charge in [-0.15, -0.1) is 0 Å². The third kappa shape index (κ3) is 5.69. The van der Waals surface area contributed by atoms with E-state index in [1.54, 1.807) is 0 Å². The molecule has 0 atom stereocenters. The van der Waals surface area contributed by atoms with Crippen LogP contribution in [0.1, 0.15) is 36.2 Å². The highest BCUT2D eigenvalue weighted by Gasteiger charge is 2.34. The van der Waals surface area contributed by atoms with Crippen molar-refractivity contribution in [3.05, 3.63) is 89.2 Å². The fourth-order valence-corrected chi connectivity index (χ4v) is 3.44. The lowest BCUT2D eigenvalue weighted by molar-refractivity contribution is -0.136. The van der Waals surface area contributed by atoms with Crippen LogP contribution < -0.4 is 5.32 Å². The minimum absolute atomic E-state index is 0.208. The SMILES string of the molecule is Cc1cccc(Cn2cccc2CN(C(=O)Nc2ccccc2C(F)(F)F)C(C)C)c1. The molecule has 4 nitrogen and oxygen atoms in total. The molecule has 0 unspecified atom stereocenters. The minimum atomic E-state index is -4.55. The molecule has 0 saturated heterocycles. The molecular formula is C24H26F3N3O. The summed E-state index contributed by atoms with van der Waals surface area (Å²) in [5.74, 6) is 0. The van der Waals surface area contributed by atoms with Gasteiger partial charge < -0.3 is 14.8 Å². The smallest absolute Gasteiger partial charge is 0.345 e. The van der Waals surface area contributed by atoms with Gasteiger partial charge in [-0.1, -0.05) is 42.0 Å². The number of benzene rings is 2. The van der Waals surface area contributed by atoms with Gasteiger partial charge in [0.2, 0.25) is 0 Å². The second-order valence-electron chi connectivity index (χ2n) is 7.81. The zero-order chi connectivity index (χ0) is 22.6. The van der Waals surface area contributed by atoms with Crippen molar-refractivity contribution in [1.82, 2.24) is 9.47 Å². The van der Waals surface area contributed by atoms with E-state index < -0.39 is 17.8 Å². The van der Waals surface area contributed by atoms with Crippen LogP contribution in [-0.2, 0) is 19.3 Å². The predicted octanol–water partition coefficient (Wildman–Crippen LogP) is 6.31. The number of aryl methyl sites for hydroxylation is 1. The summed E-state index contributed by atoms with van der Waals surface area (Å²) >= 11 is 0. The molecule has 31 heavy (non-hydrogen) atoms. The van der Waals surface area contributed by atoms with E-state index in [4.69, 9.17) is 0 Å². The molecule has 0 radical (unpaired) electrons. The van der Waals surface area contributed by atoms with Gasteiger partial charge in [-0.25, -0.2) is 4.79 Å². The number of urea groups is 1. The van der Waals surface area contributed by atoms with E-state index in [1.807, 2.05) is 61.9 Å². The highest BCUT2D eigenvalue weighted by Crippen LogP contribution is 2.34. The Morgan fingerprint density at radius 3 is 2.48 bits per heavy atom. The predicted molar refractivity (Wildman–Crippen MR) is 116 cm³/mol. The molecule has 0 spiro atoms. The molecule has 0 saturated carbocycles. The lowest BCUT2D eigenvalue weighted by atomic mass is 10.1. The van der Waals surface area contributed by atoms with Crippen molar-refractivity contribution in [2.24, 2.45) is 0 Å². The number of alkyl halides is 3. The van der Waals surface area contributed by atoms with Gasteiger partial charge in [-0.3, -0.25) is 0 Å². The van der Waals surface area contributed by atoms with E-state index in [-0.39, 0.29) is 18.3 Å². The lowest BCUT2D eigenvalue weighted by Crippen LogP contribution is -2.40. The molecule has 164 valence electrons. The first-order chi connectivity index (χ1) is 14.6. The molecule has 3 aromatic rings. The van der Waals surface area contributed by atoms with Crippen LogP contribution in [0.4, 0.5) is 23.7 Å². The molecular weight excluding hydrogens is 403 g/mol. The summed E-state index contributed by atoms with van der Waals surface area (Å²) in [6.45, 7) is 6.63. The molecule has 7 heteroatoms. The standard InChI is InChI=1S/C24H26F3N3O/c1-17(2)30(23(31)28-22-12-5-4-11-21(22)24(25,26)27)16-20-10-7-13-29(20)15-19-9-6-8-18(3)14-19/h4-14,17H,15-16H2,1-3H3,(H,28,31).